The summed E-state index contributed by atoms with van der Waals surface area (Å²) in [6.07, 6.45) is 0.486. The Labute approximate surface area is 160 Å². The fourth-order valence-corrected chi connectivity index (χ4v) is 1.69. The van der Waals surface area contributed by atoms with Crippen LogP contribution in [-0.4, -0.2) is 49.3 Å². The maximum atomic E-state index is 11.9. The monoisotopic (exact) mass is 386 g/mol. The van der Waals surface area contributed by atoms with Crippen molar-refractivity contribution in [3.05, 3.63) is 12.2 Å². The first kappa shape index (κ1) is 24.6. The molecule has 0 rings (SSSR count). The number of ether oxygens (including phenoxy) is 4. The van der Waals surface area contributed by atoms with Crippen molar-refractivity contribution in [3.63, 3.8) is 0 Å². The van der Waals surface area contributed by atoms with E-state index in [1.807, 2.05) is 13.8 Å². The highest BCUT2D eigenvalue weighted by atomic mass is 16.6. The molecule has 0 bridgehead atoms. The molecular formula is C19H30O8. The first-order valence-corrected chi connectivity index (χ1v) is 9.14. The minimum Gasteiger partial charge on any atom is -0.463 e. The fourth-order valence-electron chi connectivity index (χ4n) is 1.69. The van der Waals surface area contributed by atoms with Gasteiger partial charge in [-0.3, -0.25) is 4.79 Å². The van der Waals surface area contributed by atoms with E-state index in [2.05, 4.69) is 6.58 Å². The van der Waals surface area contributed by atoms with E-state index in [0.717, 1.165) is 12.8 Å². The van der Waals surface area contributed by atoms with Gasteiger partial charge in [-0.1, -0.05) is 33.3 Å². The van der Waals surface area contributed by atoms with E-state index in [-0.39, 0.29) is 18.8 Å². The molecule has 0 spiro atoms. The average molecular weight is 386 g/mol. The van der Waals surface area contributed by atoms with Crippen molar-refractivity contribution < 1.29 is 38.1 Å². The van der Waals surface area contributed by atoms with Crippen LogP contribution in [0.3, 0.4) is 0 Å². The summed E-state index contributed by atoms with van der Waals surface area (Å²) in [5.41, 5.74) is -0.195. The van der Waals surface area contributed by atoms with E-state index in [9.17, 15) is 19.2 Å². The third kappa shape index (κ3) is 11.0. The van der Waals surface area contributed by atoms with Gasteiger partial charge in [0.1, 0.15) is 0 Å². The lowest BCUT2D eigenvalue weighted by Gasteiger charge is -2.15. The Bertz CT molecular complexity index is 526. The van der Waals surface area contributed by atoms with E-state index in [4.69, 9.17) is 18.9 Å². The Kier molecular flexibility index (Phi) is 12.6. The van der Waals surface area contributed by atoms with Gasteiger partial charge >= 0.3 is 23.9 Å². The first-order chi connectivity index (χ1) is 12.7. The lowest BCUT2D eigenvalue weighted by atomic mass is 10.2. The topological polar surface area (TPSA) is 105 Å². The van der Waals surface area contributed by atoms with Crippen LogP contribution >= 0.6 is 0 Å². The molecule has 0 radical (unpaired) electrons. The fraction of sp³-hybridized carbons (Fsp3) is 0.684. The van der Waals surface area contributed by atoms with Gasteiger partial charge in [0, 0.05) is 5.57 Å². The van der Waals surface area contributed by atoms with Crippen LogP contribution < -0.4 is 0 Å². The van der Waals surface area contributed by atoms with Crippen LogP contribution in [0, 0.1) is 0 Å². The Morgan fingerprint density at radius 3 is 1.70 bits per heavy atom. The number of rotatable bonds is 13. The molecule has 0 saturated heterocycles. The van der Waals surface area contributed by atoms with Crippen LogP contribution in [0.2, 0.25) is 0 Å². The summed E-state index contributed by atoms with van der Waals surface area (Å²) < 4.78 is 19.7. The zero-order valence-corrected chi connectivity index (χ0v) is 16.6. The molecule has 2 atom stereocenters. The van der Waals surface area contributed by atoms with Crippen LogP contribution in [0.4, 0.5) is 0 Å². The third-order valence-electron chi connectivity index (χ3n) is 3.39. The summed E-state index contributed by atoms with van der Waals surface area (Å²) in [6.45, 7) is 10.6. The highest BCUT2D eigenvalue weighted by Gasteiger charge is 2.24. The molecule has 0 aromatic rings. The molecule has 8 nitrogen and oxygen atoms in total. The molecule has 27 heavy (non-hydrogen) atoms. The van der Waals surface area contributed by atoms with Gasteiger partial charge in [0.15, 0.2) is 12.2 Å². The maximum absolute atomic E-state index is 11.9. The quantitative estimate of drug-likeness (QED) is 0.206. The molecule has 0 fully saturated rings. The number of hydrogen-bond acceptors (Lipinski definition) is 8. The number of carbonyl (C=O) groups excluding carboxylic acids is 4. The normalized spacial score (nSPS) is 12.4. The van der Waals surface area contributed by atoms with Gasteiger partial charge < -0.3 is 18.9 Å². The van der Waals surface area contributed by atoms with E-state index in [1.54, 1.807) is 0 Å². The number of unbranched alkanes of at least 4 members (excludes halogenated alkanes) is 2. The number of carbonyl (C=O) groups is 4. The van der Waals surface area contributed by atoms with Crippen molar-refractivity contribution in [2.45, 2.75) is 72.0 Å². The minimum absolute atomic E-state index is 0.195. The van der Waals surface area contributed by atoms with Crippen molar-refractivity contribution in [3.8, 4) is 0 Å². The predicted molar refractivity (Wildman–Crippen MR) is 96.6 cm³/mol. The molecule has 0 aliphatic carbocycles. The summed E-state index contributed by atoms with van der Waals surface area (Å²) in [7, 11) is 0. The lowest BCUT2D eigenvalue weighted by molar-refractivity contribution is -0.167. The van der Waals surface area contributed by atoms with Crippen molar-refractivity contribution in [2.75, 3.05) is 13.2 Å². The Balaban J connectivity index is 4.29. The zero-order chi connectivity index (χ0) is 20.8. The standard InChI is InChI=1S/C19H30O8/c1-6-8-10-24-18(22)14(4)26-16(20)12-13(3)17(21)27-15(5)19(23)25-11-9-7-2/h14-15H,3,6-12H2,1-2,4-5H3. The second kappa shape index (κ2) is 13.8. The molecule has 0 N–H and O–H groups in total. The van der Waals surface area contributed by atoms with Gasteiger partial charge in [-0.25, -0.2) is 14.4 Å². The summed E-state index contributed by atoms with van der Waals surface area (Å²) >= 11 is 0. The molecule has 8 heteroatoms. The first-order valence-electron chi connectivity index (χ1n) is 9.14. The number of hydrogen-bond donors (Lipinski definition) is 0. The smallest absolute Gasteiger partial charge is 0.347 e. The number of esters is 4. The van der Waals surface area contributed by atoms with Gasteiger partial charge in [-0.05, 0) is 26.7 Å². The average Bonchev–Trinajstić information content (AvgIpc) is 2.61. The molecule has 154 valence electrons. The van der Waals surface area contributed by atoms with Crippen LogP contribution in [0.1, 0.15) is 59.8 Å². The van der Waals surface area contributed by atoms with E-state index in [1.165, 1.54) is 13.8 Å². The summed E-state index contributed by atoms with van der Waals surface area (Å²) in [6, 6.07) is 0. The Morgan fingerprint density at radius 2 is 1.26 bits per heavy atom. The highest BCUT2D eigenvalue weighted by molar-refractivity contribution is 5.95. The van der Waals surface area contributed by atoms with E-state index >= 15 is 0 Å². The Hall–Kier alpha value is -2.38. The molecule has 0 aliphatic rings. The molecular weight excluding hydrogens is 356 g/mol. The zero-order valence-electron chi connectivity index (χ0n) is 16.6. The second-order valence-corrected chi connectivity index (χ2v) is 6.00. The van der Waals surface area contributed by atoms with Crippen molar-refractivity contribution >= 4 is 23.9 Å². The molecule has 0 aromatic carbocycles. The Morgan fingerprint density at radius 1 is 0.815 bits per heavy atom. The SMILES string of the molecule is C=C(CC(=O)OC(C)C(=O)OCCCC)C(=O)OC(C)C(=O)OCCCC. The van der Waals surface area contributed by atoms with Crippen molar-refractivity contribution in [1.29, 1.82) is 0 Å². The second-order valence-electron chi connectivity index (χ2n) is 6.00. The minimum atomic E-state index is -1.12. The van der Waals surface area contributed by atoms with E-state index < -0.39 is 42.5 Å². The predicted octanol–water partition coefficient (Wildman–Crippen LogP) is 2.48. The third-order valence-corrected chi connectivity index (χ3v) is 3.39. The summed E-state index contributed by atoms with van der Waals surface area (Å²) in [5, 5.41) is 0. The van der Waals surface area contributed by atoms with Crippen LogP contribution in [-0.2, 0) is 38.1 Å². The lowest BCUT2D eigenvalue weighted by Crippen LogP contribution is -2.29. The van der Waals surface area contributed by atoms with Crippen molar-refractivity contribution in [1.82, 2.24) is 0 Å². The molecule has 2 unspecified atom stereocenters. The van der Waals surface area contributed by atoms with Gasteiger partial charge in [-0.15, -0.1) is 0 Å². The van der Waals surface area contributed by atoms with Gasteiger partial charge in [0.25, 0.3) is 0 Å². The van der Waals surface area contributed by atoms with Crippen LogP contribution in [0.25, 0.3) is 0 Å². The van der Waals surface area contributed by atoms with Crippen LogP contribution in [0.5, 0.6) is 0 Å². The molecule has 0 amide bonds. The van der Waals surface area contributed by atoms with Gasteiger partial charge in [-0.2, -0.15) is 0 Å². The molecule has 0 saturated carbocycles. The van der Waals surface area contributed by atoms with E-state index in [0.29, 0.717) is 12.8 Å². The van der Waals surface area contributed by atoms with Gasteiger partial charge in [0.2, 0.25) is 0 Å². The summed E-state index contributed by atoms with van der Waals surface area (Å²) in [5.74, 6) is -3.07. The molecule has 0 heterocycles. The highest BCUT2D eigenvalue weighted by Crippen LogP contribution is 2.08. The van der Waals surface area contributed by atoms with Crippen LogP contribution in [0.15, 0.2) is 12.2 Å². The molecule has 0 aromatic heterocycles. The largest absolute Gasteiger partial charge is 0.463 e. The van der Waals surface area contributed by atoms with Crippen molar-refractivity contribution in [2.24, 2.45) is 0 Å². The van der Waals surface area contributed by atoms with Gasteiger partial charge in [0.05, 0.1) is 19.6 Å². The summed E-state index contributed by atoms with van der Waals surface area (Å²) in [4.78, 5) is 47.0. The maximum Gasteiger partial charge on any atom is 0.347 e. The molecule has 0 aliphatic heterocycles.